The highest BCUT2D eigenvalue weighted by Gasteiger charge is 2.20. The van der Waals surface area contributed by atoms with E-state index >= 15 is 0 Å². The zero-order chi connectivity index (χ0) is 13.8. The zero-order valence-corrected chi connectivity index (χ0v) is 12.2. The average molecular weight is 309 g/mol. The first-order chi connectivity index (χ1) is 9.81. The minimum atomic E-state index is -0.0421. The summed E-state index contributed by atoms with van der Waals surface area (Å²) in [5.41, 5.74) is 1.54. The Hall–Kier alpha value is -1.99. The summed E-state index contributed by atoms with van der Waals surface area (Å²) in [4.78, 5) is 11.8. The Balaban J connectivity index is 0.00000161. The summed E-state index contributed by atoms with van der Waals surface area (Å²) >= 11 is 0. The van der Waals surface area contributed by atoms with E-state index in [4.69, 9.17) is 0 Å². The molecule has 21 heavy (non-hydrogen) atoms. The smallest absolute Gasteiger partial charge is 0.238 e. The first kappa shape index (κ1) is 15.4. The van der Waals surface area contributed by atoms with E-state index in [1.807, 2.05) is 24.3 Å². The van der Waals surface area contributed by atoms with Gasteiger partial charge in [-0.1, -0.05) is 6.07 Å². The molecule has 1 saturated carbocycles. The SMILES string of the molecule is Cl.O=C(CNCC1CC1)Nc1cccc(-n2cnnn2)c1. The van der Waals surface area contributed by atoms with E-state index in [-0.39, 0.29) is 18.3 Å². The van der Waals surface area contributed by atoms with Gasteiger partial charge in [0.2, 0.25) is 5.91 Å². The number of carbonyl (C=O) groups is 1. The van der Waals surface area contributed by atoms with Crippen LogP contribution in [0.25, 0.3) is 5.69 Å². The van der Waals surface area contributed by atoms with Crippen LogP contribution in [0.5, 0.6) is 0 Å². The number of amides is 1. The molecule has 0 atom stereocenters. The summed E-state index contributed by atoms with van der Waals surface area (Å²) in [7, 11) is 0. The van der Waals surface area contributed by atoms with Gasteiger partial charge < -0.3 is 10.6 Å². The lowest BCUT2D eigenvalue weighted by Gasteiger charge is -2.07. The molecule has 2 N–H and O–H groups in total. The molecule has 3 rings (SSSR count). The van der Waals surface area contributed by atoms with Crippen LogP contribution in [-0.4, -0.2) is 39.2 Å². The van der Waals surface area contributed by atoms with Crippen LogP contribution in [0.15, 0.2) is 30.6 Å². The van der Waals surface area contributed by atoms with E-state index in [2.05, 4.69) is 26.2 Å². The van der Waals surface area contributed by atoms with Crippen molar-refractivity contribution in [1.82, 2.24) is 25.5 Å². The highest BCUT2D eigenvalue weighted by atomic mass is 35.5. The lowest BCUT2D eigenvalue weighted by molar-refractivity contribution is -0.115. The molecule has 8 heteroatoms. The van der Waals surface area contributed by atoms with E-state index in [1.54, 1.807) is 4.68 Å². The fourth-order valence-corrected chi connectivity index (χ4v) is 1.92. The molecule has 7 nitrogen and oxygen atoms in total. The van der Waals surface area contributed by atoms with Gasteiger partial charge in [-0.3, -0.25) is 4.79 Å². The summed E-state index contributed by atoms with van der Waals surface area (Å²) < 4.78 is 1.54. The molecule has 1 aliphatic carbocycles. The van der Waals surface area contributed by atoms with Gasteiger partial charge in [0.1, 0.15) is 6.33 Å². The number of rotatable bonds is 6. The number of hydrogen-bond acceptors (Lipinski definition) is 5. The third-order valence-electron chi connectivity index (χ3n) is 3.16. The van der Waals surface area contributed by atoms with E-state index in [0.29, 0.717) is 6.54 Å². The predicted octanol–water partition coefficient (Wildman–Crippen LogP) is 1.02. The molecule has 0 spiro atoms. The van der Waals surface area contributed by atoms with Crippen LogP contribution in [-0.2, 0) is 4.79 Å². The molecule has 0 unspecified atom stereocenters. The summed E-state index contributed by atoms with van der Waals surface area (Å²) in [5, 5.41) is 17.0. The number of nitrogens with zero attached hydrogens (tertiary/aromatic N) is 4. The number of nitrogens with one attached hydrogen (secondary N) is 2. The molecule has 0 aliphatic heterocycles. The molecule has 0 bridgehead atoms. The van der Waals surface area contributed by atoms with Gasteiger partial charge in [-0.15, -0.1) is 17.5 Å². The number of aromatic nitrogens is 4. The van der Waals surface area contributed by atoms with Crippen LogP contribution in [0.3, 0.4) is 0 Å². The Labute approximate surface area is 128 Å². The van der Waals surface area contributed by atoms with Gasteiger partial charge in [0.05, 0.1) is 12.2 Å². The lowest BCUT2D eigenvalue weighted by atomic mass is 10.2. The number of benzene rings is 1. The highest BCUT2D eigenvalue weighted by molar-refractivity contribution is 5.92. The van der Waals surface area contributed by atoms with Crippen LogP contribution in [0, 0.1) is 5.92 Å². The maximum absolute atomic E-state index is 11.8. The molecule has 112 valence electrons. The third-order valence-corrected chi connectivity index (χ3v) is 3.16. The van der Waals surface area contributed by atoms with E-state index < -0.39 is 0 Å². The summed E-state index contributed by atoms with van der Waals surface area (Å²) in [6.45, 7) is 1.27. The van der Waals surface area contributed by atoms with Crippen molar-refractivity contribution >= 4 is 24.0 Å². The topological polar surface area (TPSA) is 84.7 Å². The van der Waals surface area contributed by atoms with Crippen molar-refractivity contribution in [1.29, 1.82) is 0 Å². The van der Waals surface area contributed by atoms with Crippen molar-refractivity contribution in [3.63, 3.8) is 0 Å². The standard InChI is InChI=1S/C13H16N6O.ClH/c20-13(8-14-7-10-4-5-10)16-11-2-1-3-12(6-11)19-9-15-17-18-19;/h1-3,6,9-10,14H,4-5,7-8H2,(H,16,20);1H. The second kappa shape index (κ2) is 7.14. The minimum absolute atomic E-state index is 0. The Morgan fingerprint density at radius 3 is 2.95 bits per heavy atom. The molecule has 1 aliphatic rings. The maximum Gasteiger partial charge on any atom is 0.238 e. The fourth-order valence-electron chi connectivity index (χ4n) is 1.92. The first-order valence-corrected chi connectivity index (χ1v) is 6.65. The Morgan fingerprint density at radius 1 is 1.38 bits per heavy atom. The zero-order valence-electron chi connectivity index (χ0n) is 11.4. The highest BCUT2D eigenvalue weighted by Crippen LogP contribution is 2.27. The molecule has 1 aromatic carbocycles. The van der Waals surface area contributed by atoms with Crippen molar-refractivity contribution in [3.8, 4) is 5.69 Å². The van der Waals surface area contributed by atoms with Crippen molar-refractivity contribution in [3.05, 3.63) is 30.6 Å². The number of halogens is 1. The van der Waals surface area contributed by atoms with Crippen LogP contribution >= 0.6 is 12.4 Å². The van der Waals surface area contributed by atoms with Gasteiger partial charge in [-0.05, 0) is 53.9 Å². The number of hydrogen-bond donors (Lipinski definition) is 2. The summed E-state index contributed by atoms with van der Waals surface area (Å²) in [6.07, 6.45) is 4.07. The van der Waals surface area contributed by atoms with Crippen molar-refractivity contribution < 1.29 is 4.79 Å². The molecule has 1 heterocycles. The molecule has 0 radical (unpaired) electrons. The van der Waals surface area contributed by atoms with Crippen molar-refractivity contribution in [2.45, 2.75) is 12.8 Å². The largest absolute Gasteiger partial charge is 0.325 e. The third kappa shape index (κ3) is 4.51. The van der Waals surface area contributed by atoms with Gasteiger partial charge in [0.25, 0.3) is 0 Å². The predicted molar refractivity (Wildman–Crippen MR) is 80.6 cm³/mol. The van der Waals surface area contributed by atoms with Crippen LogP contribution < -0.4 is 10.6 Å². The van der Waals surface area contributed by atoms with Crippen LogP contribution in [0.1, 0.15) is 12.8 Å². The van der Waals surface area contributed by atoms with Gasteiger partial charge in [0, 0.05) is 5.69 Å². The fraction of sp³-hybridized carbons (Fsp3) is 0.385. The summed E-state index contributed by atoms with van der Waals surface area (Å²) in [6, 6.07) is 7.39. The minimum Gasteiger partial charge on any atom is -0.325 e. The molecule has 1 aromatic heterocycles. The van der Waals surface area contributed by atoms with Crippen molar-refractivity contribution in [2.75, 3.05) is 18.4 Å². The quantitative estimate of drug-likeness (QED) is 0.832. The average Bonchev–Trinajstić information content (AvgIpc) is 3.10. The van der Waals surface area contributed by atoms with Gasteiger partial charge >= 0.3 is 0 Å². The van der Waals surface area contributed by atoms with Gasteiger partial charge in [-0.25, -0.2) is 4.68 Å². The van der Waals surface area contributed by atoms with Gasteiger partial charge in [0.15, 0.2) is 0 Å². The lowest BCUT2D eigenvalue weighted by Crippen LogP contribution is -2.29. The van der Waals surface area contributed by atoms with E-state index in [9.17, 15) is 4.79 Å². The van der Waals surface area contributed by atoms with E-state index in [0.717, 1.165) is 23.8 Å². The molecule has 0 saturated heterocycles. The molecular weight excluding hydrogens is 292 g/mol. The molecule has 1 fully saturated rings. The van der Waals surface area contributed by atoms with Crippen molar-refractivity contribution in [2.24, 2.45) is 5.92 Å². The Kier molecular flexibility index (Phi) is 5.24. The van der Waals surface area contributed by atoms with Crippen LogP contribution in [0.2, 0.25) is 0 Å². The molecule has 2 aromatic rings. The normalized spacial score (nSPS) is 13.5. The number of carbonyl (C=O) groups excluding carboxylic acids is 1. The first-order valence-electron chi connectivity index (χ1n) is 6.65. The van der Waals surface area contributed by atoms with E-state index in [1.165, 1.54) is 19.2 Å². The monoisotopic (exact) mass is 308 g/mol. The molecule has 1 amide bonds. The second-order valence-electron chi connectivity index (χ2n) is 4.93. The number of tetrazole rings is 1. The molecular formula is C13H17ClN6O. The number of anilines is 1. The Morgan fingerprint density at radius 2 is 2.24 bits per heavy atom. The second-order valence-corrected chi connectivity index (χ2v) is 4.93. The summed E-state index contributed by atoms with van der Waals surface area (Å²) in [5.74, 6) is 0.727. The van der Waals surface area contributed by atoms with Crippen LogP contribution in [0.4, 0.5) is 5.69 Å². The maximum atomic E-state index is 11.8. The van der Waals surface area contributed by atoms with Gasteiger partial charge in [-0.2, -0.15) is 0 Å². The Bertz CT molecular complexity index is 584.